The van der Waals surface area contributed by atoms with Gasteiger partial charge in [-0.2, -0.15) is 0 Å². The number of para-hydroxylation sites is 1. The summed E-state index contributed by atoms with van der Waals surface area (Å²) in [6.45, 7) is 7.64. The van der Waals surface area contributed by atoms with E-state index in [1.165, 1.54) is 51.4 Å². The van der Waals surface area contributed by atoms with Crippen molar-refractivity contribution in [1.82, 2.24) is 9.67 Å². The lowest BCUT2D eigenvalue weighted by Gasteiger charge is -2.10. The quantitative estimate of drug-likeness (QED) is 0.326. The zero-order valence-corrected chi connectivity index (χ0v) is 17.5. The number of pyridine rings is 1. The molecule has 0 unspecified atom stereocenters. The van der Waals surface area contributed by atoms with Gasteiger partial charge in [0.2, 0.25) is 6.20 Å². The highest BCUT2D eigenvalue weighted by molar-refractivity contribution is 6.13. The van der Waals surface area contributed by atoms with E-state index >= 15 is 0 Å². The van der Waals surface area contributed by atoms with Gasteiger partial charge in [-0.1, -0.05) is 50.3 Å². The standard InChI is InChI=1S/C24H30N3O/c1-5-8-9-14-26-23-19(18-11-10-12-22(28-4)24(18)26)13-15-27-21(23)16-17(6-2)20(7-3)25-27/h10-13,15-16H,5-9,14H2,1-4H3/q+1. The van der Waals surface area contributed by atoms with Gasteiger partial charge in [0.15, 0.2) is 0 Å². The van der Waals surface area contributed by atoms with E-state index < -0.39 is 0 Å². The first kappa shape index (κ1) is 18.7. The summed E-state index contributed by atoms with van der Waals surface area (Å²) in [6, 6.07) is 10.9. The molecule has 0 atom stereocenters. The molecule has 4 aromatic rings. The van der Waals surface area contributed by atoms with Crippen molar-refractivity contribution < 1.29 is 9.25 Å². The summed E-state index contributed by atoms with van der Waals surface area (Å²) in [6.07, 6.45) is 7.67. The van der Waals surface area contributed by atoms with E-state index in [9.17, 15) is 0 Å². The Morgan fingerprint density at radius 3 is 2.54 bits per heavy atom. The van der Waals surface area contributed by atoms with Crippen LogP contribution in [0.1, 0.15) is 51.3 Å². The number of aromatic nitrogens is 3. The summed E-state index contributed by atoms with van der Waals surface area (Å²) >= 11 is 0. The van der Waals surface area contributed by atoms with E-state index in [0.29, 0.717) is 0 Å². The molecule has 4 nitrogen and oxygen atoms in total. The molecule has 4 rings (SSSR count). The Bertz CT molecular complexity index is 1140. The Morgan fingerprint density at radius 1 is 1.00 bits per heavy atom. The van der Waals surface area contributed by atoms with Gasteiger partial charge in [-0.15, -0.1) is 0 Å². The van der Waals surface area contributed by atoms with Gasteiger partial charge >= 0.3 is 0 Å². The van der Waals surface area contributed by atoms with E-state index in [-0.39, 0.29) is 0 Å². The normalized spacial score (nSPS) is 11.7. The van der Waals surface area contributed by atoms with Crippen LogP contribution in [0.3, 0.4) is 0 Å². The number of methoxy groups -OCH3 is 1. The molecule has 0 aliphatic heterocycles. The lowest BCUT2D eigenvalue weighted by Crippen LogP contribution is -2.29. The summed E-state index contributed by atoms with van der Waals surface area (Å²) in [5.74, 6) is 0.942. The van der Waals surface area contributed by atoms with Crippen molar-refractivity contribution in [2.75, 3.05) is 7.11 Å². The van der Waals surface area contributed by atoms with Crippen molar-refractivity contribution in [2.24, 2.45) is 0 Å². The van der Waals surface area contributed by atoms with Crippen LogP contribution in [0.25, 0.3) is 27.3 Å². The van der Waals surface area contributed by atoms with Crippen molar-refractivity contribution in [3.63, 3.8) is 0 Å². The van der Waals surface area contributed by atoms with Gasteiger partial charge in [0, 0.05) is 34.5 Å². The first-order valence-corrected chi connectivity index (χ1v) is 10.6. The molecule has 0 aliphatic carbocycles. The lowest BCUT2D eigenvalue weighted by atomic mass is 10.1. The van der Waals surface area contributed by atoms with Crippen LogP contribution >= 0.6 is 0 Å². The number of rotatable bonds is 7. The van der Waals surface area contributed by atoms with Crippen LogP contribution in [0.15, 0.2) is 36.5 Å². The summed E-state index contributed by atoms with van der Waals surface area (Å²) < 4.78 is 10.3. The third-order valence-corrected chi connectivity index (χ3v) is 5.79. The van der Waals surface area contributed by atoms with E-state index in [1.807, 2.05) is 0 Å². The maximum absolute atomic E-state index is 5.75. The van der Waals surface area contributed by atoms with Crippen LogP contribution in [0.4, 0.5) is 0 Å². The van der Waals surface area contributed by atoms with Crippen molar-refractivity contribution in [3.8, 4) is 5.75 Å². The Hall–Kier alpha value is -2.62. The summed E-state index contributed by atoms with van der Waals surface area (Å²) in [5.41, 5.74) is 6.17. The molecule has 0 N–H and O–H groups in total. The summed E-state index contributed by atoms with van der Waals surface area (Å²) in [4.78, 5) is 0. The molecule has 3 heterocycles. The highest BCUT2D eigenvalue weighted by Crippen LogP contribution is 2.36. The molecule has 0 fully saturated rings. The highest BCUT2D eigenvalue weighted by atomic mass is 16.5. The molecule has 28 heavy (non-hydrogen) atoms. The predicted molar refractivity (Wildman–Crippen MR) is 115 cm³/mol. The first-order valence-electron chi connectivity index (χ1n) is 10.6. The number of aryl methyl sites for hydroxylation is 3. The third kappa shape index (κ3) is 2.92. The Labute approximate surface area is 166 Å². The number of hydrogen-bond acceptors (Lipinski definition) is 2. The summed E-state index contributed by atoms with van der Waals surface area (Å²) in [5, 5.41) is 7.47. The minimum Gasteiger partial charge on any atom is -0.495 e. The molecular formula is C24H30N3O+. The fraction of sp³-hybridized carbons (Fsp3) is 0.417. The molecule has 3 aromatic heterocycles. The SMILES string of the molecule is CCCCCn1c2c(OC)cccc2c2cc[n+]3nc(CC)c(CC)cc3c21. The fourth-order valence-electron chi connectivity index (χ4n) is 4.36. The van der Waals surface area contributed by atoms with Gasteiger partial charge < -0.3 is 9.30 Å². The second-order valence-corrected chi connectivity index (χ2v) is 7.45. The zero-order valence-electron chi connectivity index (χ0n) is 17.5. The van der Waals surface area contributed by atoms with Crippen molar-refractivity contribution in [1.29, 1.82) is 0 Å². The molecule has 4 heteroatoms. The van der Waals surface area contributed by atoms with Gasteiger partial charge in [-0.05, 0) is 30.9 Å². The van der Waals surface area contributed by atoms with Gasteiger partial charge in [0.05, 0.1) is 12.6 Å². The van der Waals surface area contributed by atoms with Crippen LogP contribution in [0.5, 0.6) is 5.75 Å². The minimum absolute atomic E-state index is 0.942. The van der Waals surface area contributed by atoms with E-state index in [4.69, 9.17) is 9.84 Å². The number of nitrogens with zero attached hydrogens (tertiary/aromatic N) is 3. The maximum atomic E-state index is 5.75. The first-order chi connectivity index (χ1) is 13.7. The molecule has 1 aromatic carbocycles. The van der Waals surface area contributed by atoms with Crippen LogP contribution < -0.4 is 9.25 Å². The number of fused-ring (bicyclic) bond motifs is 5. The topological polar surface area (TPSA) is 31.1 Å². The lowest BCUT2D eigenvalue weighted by molar-refractivity contribution is -0.580. The van der Waals surface area contributed by atoms with Crippen molar-refractivity contribution in [2.45, 2.75) is 59.4 Å². The molecule has 0 aliphatic rings. The van der Waals surface area contributed by atoms with Gasteiger partial charge in [-0.3, -0.25) is 0 Å². The molecule has 0 bridgehead atoms. The van der Waals surface area contributed by atoms with Gasteiger partial charge in [-0.25, -0.2) is 0 Å². The van der Waals surface area contributed by atoms with Crippen LogP contribution in [-0.2, 0) is 19.4 Å². The monoisotopic (exact) mass is 376 g/mol. The van der Waals surface area contributed by atoms with Crippen molar-refractivity contribution in [3.05, 3.63) is 47.8 Å². The van der Waals surface area contributed by atoms with Crippen LogP contribution in [0.2, 0.25) is 0 Å². The van der Waals surface area contributed by atoms with E-state index in [0.717, 1.165) is 31.6 Å². The molecule has 0 saturated heterocycles. The second kappa shape index (κ2) is 7.78. The van der Waals surface area contributed by atoms with E-state index in [1.54, 1.807) is 7.11 Å². The van der Waals surface area contributed by atoms with Gasteiger partial charge in [0.1, 0.15) is 17.0 Å². The molecule has 0 radical (unpaired) electrons. The molecule has 0 spiro atoms. The Balaban J connectivity index is 2.12. The van der Waals surface area contributed by atoms with E-state index in [2.05, 4.69) is 66.4 Å². The predicted octanol–water partition coefficient (Wildman–Crippen LogP) is 5.25. The van der Waals surface area contributed by atoms with Crippen LogP contribution in [0, 0.1) is 0 Å². The highest BCUT2D eigenvalue weighted by Gasteiger charge is 2.22. The number of ether oxygens (including phenoxy) is 1. The smallest absolute Gasteiger partial charge is 0.262 e. The number of benzene rings is 1. The Morgan fingerprint density at radius 2 is 1.82 bits per heavy atom. The number of unbranched alkanes of at least 4 members (excludes halogenated alkanes) is 2. The second-order valence-electron chi connectivity index (χ2n) is 7.45. The third-order valence-electron chi connectivity index (χ3n) is 5.79. The van der Waals surface area contributed by atoms with Crippen LogP contribution in [-0.4, -0.2) is 16.8 Å². The zero-order chi connectivity index (χ0) is 19.7. The Kier molecular flexibility index (Phi) is 5.21. The maximum Gasteiger partial charge on any atom is 0.262 e. The largest absolute Gasteiger partial charge is 0.495 e. The fourth-order valence-corrected chi connectivity index (χ4v) is 4.36. The molecule has 146 valence electrons. The molecule has 0 saturated carbocycles. The summed E-state index contributed by atoms with van der Waals surface area (Å²) in [7, 11) is 1.76. The average molecular weight is 377 g/mol. The minimum atomic E-state index is 0.942. The number of hydrogen-bond donors (Lipinski definition) is 0. The van der Waals surface area contributed by atoms with Crippen molar-refractivity contribution >= 4 is 27.3 Å². The van der Waals surface area contributed by atoms with Gasteiger partial charge in [0.25, 0.3) is 5.52 Å². The molecular weight excluding hydrogens is 346 g/mol. The average Bonchev–Trinajstić information content (AvgIpc) is 3.07. The molecule has 0 amide bonds.